The van der Waals surface area contributed by atoms with Gasteiger partial charge in [-0.15, -0.1) is 0 Å². The van der Waals surface area contributed by atoms with Crippen molar-refractivity contribution in [1.29, 1.82) is 0 Å². The Kier molecular flexibility index (Phi) is 3.68. The first-order chi connectivity index (χ1) is 6.10. The molecule has 0 aliphatic carbocycles. The molecule has 0 aliphatic rings. The van der Waals surface area contributed by atoms with Gasteiger partial charge in [-0.25, -0.2) is 4.79 Å². The van der Waals surface area contributed by atoms with Gasteiger partial charge in [0.05, 0.1) is 5.54 Å². The van der Waals surface area contributed by atoms with Crippen LogP contribution in [-0.2, 0) is 9.53 Å². The molecule has 0 radical (unpaired) electrons. The summed E-state index contributed by atoms with van der Waals surface area (Å²) in [5, 5.41) is 0. The van der Waals surface area contributed by atoms with Crippen molar-refractivity contribution in [2.75, 3.05) is 7.05 Å². The summed E-state index contributed by atoms with van der Waals surface area (Å²) >= 11 is 0. The Hall–Kier alpha value is -1.06. The highest BCUT2D eigenvalue weighted by Crippen LogP contribution is 2.14. The summed E-state index contributed by atoms with van der Waals surface area (Å²) in [4.78, 5) is 23.5. The van der Waals surface area contributed by atoms with Gasteiger partial charge in [-0.1, -0.05) is 0 Å². The number of amides is 1. The molecule has 4 nitrogen and oxygen atoms in total. The van der Waals surface area contributed by atoms with Gasteiger partial charge in [0.2, 0.25) is 0 Å². The van der Waals surface area contributed by atoms with Crippen molar-refractivity contribution in [1.82, 2.24) is 4.90 Å². The molecular formula is C10H19NO3. The van der Waals surface area contributed by atoms with Gasteiger partial charge >= 0.3 is 6.09 Å². The van der Waals surface area contributed by atoms with E-state index in [4.69, 9.17) is 4.74 Å². The molecule has 1 amide bonds. The first-order valence-corrected chi connectivity index (χ1v) is 4.53. The van der Waals surface area contributed by atoms with Crippen LogP contribution in [0.3, 0.4) is 0 Å². The Morgan fingerprint density at radius 2 is 1.64 bits per heavy atom. The number of aldehydes is 1. The maximum atomic E-state index is 11.5. The van der Waals surface area contributed by atoms with Crippen molar-refractivity contribution in [2.45, 2.75) is 45.8 Å². The lowest BCUT2D eigenvalue weighted by Gasteiger charge is -2.32. The van der Waals surface area contributed by atoms with Crippen LogP contribution in [0.1, 0.15) is 34.6 Å². The number of hydrogen-bond donors (Lipinski definition) is 0. The second kappa shape index (κ2) is 3.98. The summed E-state index contributed by atoms with van der Waals surface area (Å²) in [6.07, 6.45) is 0.228. The molecule has 14 heavy (non-hydrogen) atoms. The maximum Gasteiger partial charge on any atom is 0.410 e. The van der Waals surface area contributed by atoms with Crippen LogP contribution in [0.15, 0.2) is 0 Å². The van der Waals surface area contributed by atoms with Crippen LogP contribution in [0.5, 0.6) is 0 Å². The molecule has 0 atom stereocenters. The maximum absolute atomic E-state index is 11.5. The van der Waals surface area contributed by atoms with E-state index in [1.165, 1.54) is 4.90 Å². The average molecular weight is 201 g/mol. The lowest BCUT2D eigenvalue weighted by molar-refractivity contribution is -0.116. The molecule has 4 heteroatoms. The summed E-state index contributed by atoms with van der Waals surface area (Å²) in [6, 6.07) is 0. The van der Waals surface area contributed by atoms with Gasteiger partial charge in [0.15, 0.2) is 0 Å². The minimum atomic E-state index is -0.831. The first-order valence-electron chi connectivity index (χ1n) is 4.53. The standard InChI is InChI=1S/C10H19NO3/c1-9(2,3)14-8(13)11(6)10(4,5)7-12/h7H,1-6H3. The fourth-order valence-corrected chi connectivity index (χ4v) is 0.645. The summed E-state index contributed by atoms with van der Waals surface area (Å²) < 4.78 is 5.12. The molecule has 0 aromatic heterocycles. The molecule has 0 saturated carbocycles. The number of ether oxygens (including phenoxy) is 1. The quantitative estimate of drug-likeness (QED) is 0.640. The number of rotatable bonds is 2. The summed E-state index contributed by atoms with van der Waals surface area (Å²) in [6.45, 7) is 8.67. The smallest absolute Gasteiger partial charge is 0.410 e. The van der Waals surface area contributed by atoms with Crippen molar-refractivity contribution >= 4 is 12.4 Å². The Labute approximate surface area is 85.2 Å². The lowest BCUT2D eigenvalue weighted by Crippen LogP contribution is -2.48. The van der Waals surface area contributed by atoms with Crippen molar-refractivity contribution in [3.63, 3.8) is 0 Å². The van der Waals surface area contributed by atoms with Gasteiger partial charge in [-0.05, 0) is 34.6 Å². The summed E-state index contributed by atoms with van der Waals surface area (Å²) in [5.41, 5.74) is -1.37. The number of likely N-dealkylation sites (N-methyl/N-ethyl adjacent to an activating group) is 1. The number of hydrogen-bond acceptors (Lipinski definition) is 3. The largest absolute Gasteiger partial charge is 0.444 e. The van der Waals surface area contributed by atoms with Crippen LogP contribution in [0, 0.1) is 0 Å². The molecular weight excluding hydrogens is 182 g/mol. The van der Waals surface area contributed by atoms with E-state index in [0.29, 0.717) is 0 Å². The summed E-state index contributed by atoms with van der Waals surface area (Å²) in [7, 11) is 1.54. The van der Waals surface area contributed by atoms with E-state index in [9.17, 15) is 9.59 Å². The third-order valence-electron chi connectivity index (χ3n) is 1.82. The Morgan fingerprint density at radius 1 is 1.21 bits per heavy atom. The van der Waals surface area contributed by atoms with Gasteiger partial charge in [0.1, 0.15) is 11.9 Å². The van der Waals surface area contributed by atoms with Gasteiger partial charge in [-0.2, -0.15) is 0 Å². The topological polar surface area (TPSA) is 46.6 Å². The SMILES string of the molecule is CN(C(=O)OC(C)(C)C)C(C)(C)C=O. The fourth-order valence-electron chi connectivity index (χ4n) is 0.645. The number of carbonyl (C=O) groups excluding carboxylic acids is 2. The molecule has 0 spiro atoms. The monoisotopic (exact) mass is 201 g/mol. The van der Waals surface area contributed by atoms with E-state index in [2.05, 4.69) is 0 Å². The molecule has 82 valence electrons. The van der Waals surface area contributed by atoms with E-state index in [0.717, 1.165) is 6.29 Å². The zero-order chi connectivity index (χ0) is 11.6. The normalized spacial score (nSPS) is 12.1. The first kappa shape index (κ1) is 12.9. The highest BCUT2D eigenvalue weighted by atomic mass is 16.6. The van der Waals surface area contributed by atoms with Crippen molar-refractivity contribution in [2.24, 2.45) is 0 Å². The van der Waals surface area contributed by atoms with E-state index in [1.54, 1.807) is 41.7 Å². The molecule has 0 bridgehead atoms. The Balaban J connectivity index is 4.49. The van der Waals surface area contributed by atoms with Crippen LogP contribution in [0.25, 0.3) is 0 Å². The highest BCUT2D eigenvalue weighted by Gasteiger charge is 2.30. The molecule has 0 unspecified atom stereocenters. The third kappa shape index (κ3) is 3.77. The van der Waals surface area contributed by atoms with Crippen LogP contribution in [0.2, 0.25) is 0 Å². The third-order valence-corrected chi connectivity index (χ3v) is 1.82. The molecule has 0 aromatic carbocycles. The van der Waals surface area contributed by atoms with E-state index in [-0.39, 0.29) is 0 Å². The Morgan fingerprint density at radius 3 is 1.93 bits per heavy atom. The van der Waals surface area contributed by atoms with E-state index in [1.807, 2.05) is 0 Å². The molecule has 0 N–H and O–H groups in total. The predicted molar refractivity (Wildman–Crippen MR) is 54.1 cm³/mol. The molecule has 0 saturated heterocycles. The second-order valence-electron chi connectivity index (χ2n) is 4.81. The zero-order valence-electron chi connectivity index (χ0n) is 9.75. The van der Waals surface area contributed by atoms with Crippen LogP contribution >= 0.6 is 0 Å². The fraction of sp³-hybridized carbons (Fsp3) is 0.800. The second-order valence-corrected chi connectivity index (χ2v) is 4.81. The number of carbonyl (C=O) groups is 2. The van der Waals surface area contributed by atoms with E-state index >= 15 is 0 Å². The van der Waals surface area contributed by atoms with Gasteiger partial charge in [-0.3, -0.25) is 4.90 Å². The summed E-state index contributed by atoms with van der Waals surface area (Å²) in [5.74, 6) is 0. The molecule has 0 aliphatic heterocycles. The number of nitrogens with zero attached hydrogens (tertiary/aromatic N) is 1. The van der Waals surface area contributed by atoms with Crippen molar-refractivity contribution in [3.8, 4) is 0 Å². The van der Waals surface area contributed by atoms with Gasteiger partial charge < -0.3 is 9.53 Å². The van der Waals surface area contributed by atoms with Crippen LogP contribution in [-0.4, -0.2) is 35.5 Å². The van der Waals surface area contributed by atoms with Gasteiger partial charge in [0.25, 0.3) is 0 Å². The highest BCUT2D eigenvalue weighted by molar-refractivity contribution is 5.75. The van der Waals surface area contributed by atoms with Crippen molar-refractivity contribution in [3.05, 3.63) is 0 Å². The molecule has 0 heterocycles. The van der Waals surface area contributed by atoms with Gasteiger partial charge in [0, 0.05) is 7.05 Å². The lowest BCUT2D eigenvalue weighted by atomic mass is 10.1. The van der Waals surface area contributed by atoms with Crippen LogP contribution < -0.4 is 0 Å². The average Bonchev–Trinajstić information content (AvgIpc) is 2.00. The predicted octanol–water partition coefficient (Wildman–Crippen LogP) is 1.83. The minimum Gasteiger partial charge on any atom is -0.444 e. The van der Waals surface area contributed by atoms with Crippen molar-refractivity contribution < 1.29 is 14.3 Å². The van der Waals surface area contributed by atoms with Crippen LogP contribution in [0.4, 0.5) is 4.79 Å². The zero-order valence-corrected chi connectivity index (χ0v) is 9.75. The molecule has 0 fully saturated rings. The van der Waals surface area contributed by atoms with E-state index < -0.39 is 17.2 Å². The minimum absolute atomic E-state index is 0.491. The molecule has 0 rings (SSSR count). The molecule has 0 aromatic rings. The Bertz CT molecular complexity index is 228.